The summed E-state index contributed by atoms with van der Waals surface area (Å²) in [6.07, 6.45) is 2.01. The third kappa shape index (κ3) is 4.10. The fraction of sp³-hybridized carbons (Fsp3) is 0.278. The first-order chi connectivity index (χ1) is 11.1. The Labute approximate surface area is 138 Å². The summed E-state index contributed by atoms with van der Waals surface area (Å²) >= 11 is 1.38. The molecule has 1 N–H and O–H groups in total. The van der Waals surface area contributed by atoms with E-state index in [9.17, 15) is 13.6 Å². The molecule has 0 radical (unpaired) electrons. The zero-order chi connectivity index (χ0) is 16.3. The molecule has 2 aromatic carbocycles. The fourth-order valence-corrected chi connectivity index (χ4v) is 3.25. The number of carbonyl (C=O) groups excluding carboxylic acids is 1. The first-order valence-electron chi connectivity index (χ1n) is 7.49. The Hall–Kier alpha value is -1.88. The lowest BCUT2D eigenvalue weighted by molar-refractivity contribution is -0.118. The van der Waals surface area contributed by atoms with Crippen LogP contribution >= 0.6 is 11.8 Å². The molecule has 1 saturated carbocycles. The van der Waals surface area contributed by atoms with E-state index in [-0.39, 0.29) is 23.0 Å². The Morgan fingerprint density at radius 2 is 1.57 bits per heavy atom. The zero-order valence-electron chi connectivity index (χ0n) is 12.5. The molecule has 1 aliphatic rings. The topological polar surface area (TPSA) is 29.1 Å². The highest BCUT2D eigenvalue weighted by Gasteiger charge is 2.44. The van der Waals surface area contributed by atoms with Gasteiger partial charge in [0, 0.05) is 16.9 Å². The second kappa shape index (κ2) is 6.71. The molecule has 1 amide bonds. The maximum Gasteiger partial charge on any atom is 0.230 e. The molecule has 120 valence electrons. The van der Waals surface area contributed by atoms with Gasteiger partial charge in [-0.05, 0) is 54.8 Å². The number of amides is 1. The summed E-state index contributed by atoms with van der Waals surface area (Å²) in [4.78, 5) is 12.8. The molecule has 5 heteroatoms. The van der Waals surface area contributed by atoms with Crippen LogP contribution in [-0.2, 0) is 10.2 Å². The van der Waals surface area contributed by atoms with Gasteiger partial charge in [-0.2, -0.15) is 0 Å². The van der Waals surface area contributed by atoms with Crippen LogP contribution in [-0.4, -0.2) is 18.2 Å². The average molecular weight is 333 g/mol. The highest BCUT2D eigenvalue weighted by atomic mass is 32.2. The highest BCUT2D eigenvalue weighted by Crippen LogP contribution is 2.47. The SMILES string of the molecule is O=C(CSc1ccc(F)cc1)NCC1(c2ccc(F)cc2)CC1. The van der Waals surface area contributed by atoms with Gasteiger partial charge in [0.05, 0.1) is 5.75 Å². The predicted octanol–water partition coefficient (Wildman–Crippen LogP) is 3.90. The van der Waals surface area contributed by atoms with E-state index in [0.29, 0.717) is 12.3 Å². The molecule has 0 unspecified atom stereocenters. The minimum absolute atomic E-state index is 0.0378. The van der Waals surface area contributed by atoms with Gasteiger partial charge in [0.25, 0.3) is 0 Å². The largest absolute Gasteiger partial charge is 0.354 e. The van der Waals surface area contributed by atoms with Gasteiger partial charge in [-0.15, -0.1) is 11.8 Å². The van der Waals surface area contributed by atoms with Crippen LogP contribution in [0.25, 0.3) is 0 Å². The van der Waals surface area contributed by atoms with E-state index >= 15 is 0 Å². The molecule has 0 spiro atoms. The molecule has 3 rings (SSSR count). The van der Waals surface area contributed by atoms with Gasteiger partial charge >= 0.3 is 0 Å². The van der Waals surface area contributed by atoms with Crippen LogP contribution in [0.1, 0.15) is 18.4 Å². The lowest BCUT2D eigenvalue weighted by atomic mass is 9.96. The molecular weight excluding hydrogens is 316 g/mol. The summed E-state index contributed by atoms with van der Waals surface area (Å²) in [5.41, 5.74) is 1.04. The summed E-state index contributed by atoms with van der Waals surface area (Å²) in [7, 11) is 0. The number of hydrogen-bond acceptors (Lipinski definition) is 2. The molecule has 0 heterocycles. The first kappa shape index (κ1) is 16.0. The quantitative estimate of drug-likeness (QED) is 0.812. The van der Waals surface area contributed by atoms with Crippen molar-refractivity contribution in [2.45, 2.75) is 23.2 Å². The lowest BCUT2D eigenvalue weighted by Crippen LogP contribution is -2.33. The number of halogens is 2. The van der Waals surface area contributed by atoms with Crippen LogP contribution in [0.2, 0.25) is 0 Å². The third-order valence-corrected chi connectivity index (χ3v) is 5.13. The minimum Gasteiger partial charge on any atom is -0.354 e. The molecule has 2 aromatic rings. The van der Waals surface area contributed by atoms with Crippen molar-refractivity contribution in [1.82, 2.24) is 5.32 Å². The van der Waals surface area contributed by atoms with E-state index in [2.05, 4.69) is 5.32 Å². The van der Waals surface area contributed by atoms with Gasteiger partial charge in [0.1, 0.15) is 11.6 Å². The lowest BCUT2D eigenvalue weighted by Gasteiger charge is -2.16. The molecular formula is C18H17F2NOS. The standard InChI is InChI=1S/C18H17F2NOS/c19-14-3-1-13(2-4-14)18(9-10-18)12-21-17(22)11-23-16-7-5-15(20)6-8-16/h1-8H,9-12H2,(H,21,22). The van der Waals surface area contributed by atoms with E-state index in [1.54, 1.807) is 24.3 Å². The number of benzene rings is 2. The zero-order valence-corrected chi connectivity index (χ0v) is 13.3. The van der Waals surface area contributed by atoms with Crippen molar-refractivity contribution in [1.29, 1.82) is 0 Å². The molecule has 0 saturated heterocycles. The van der Waals surface area contributed by atoms with Crippen LogP contribution in [0.4, 0.5) is 8.78 Å². The summed E-state index contributed by atoms with van der Waals surface area (Å²) in [5, 5.41) is 2.95. The second-order valence-electron chi connectivity index (χ2n) is 5.81. The molecule has 1 aliphatic carbocycles. The van der Waals surface area contributed by atoms with Crippen molar-refractivity contribution in [3.05, 3.63) is 65.7 Å². The number of rotatable bonds is 6. The predicted molar refractivity (Wildman–Crippen MR) is 87.4 cm³/mol. The number of carbonyl (C=O) groups is 1. The minimum atomic E-state index is -0.284. The van der Waals surface area contributed by atoms with E-state index in [1.807, 2.05) is 0 Å². The number of thioether (sulfide) groups is 1. The number of hydrogen-bond donors (Lipinski definition) is 1. The number of nitrogens with one attached hydrogen (secondary N) is 1. The van der Waals surface area contributed by atoms with Gasteiger partial charge < -0.3 is 5.32 Å². The van der Waals surface area contributed by atoms with E-state index < -0.39 is 0 Å². The van der Waals surface area contributed by atoms with Crippen molar-refractivity contribution in [3.8, 4) is 0 Å². The highest BCUT2D eigenvalue weighted by molar-refractivity contribution is 8.00. The van der Waals surface area contributed by atoms with Crippen molar-refractivity contribution >= 4 is 17.7 Å². The Balaban J connectivity index is 1.49. The third-order valence-electron chi connectivity index (χ3n) is 4.12. The van der Waals surface area contributed by atoms with Crippen LogP contribution in [0.5, 0.6) is 0 Å². The Morgan fingerprint density at radius 1 is 1.00 bits per heavy atom. The van der Waals surface area contributed by atoms with Crippen molar-refractivity contribution in [2.24, 2.45) is 0 Å². The van der Waals surface area contributed by atoms with Crippen LogP contribution in [0.15, 0.2) is 53.4 Å². The van der Waals surface area contributed by atoms with Gasteiger partial charge in [0.15, 0.2) is 0 Å². The molecule has 0 atom stereocenters. The van der Waals surface area contributed by atoms with Gasteiger partial charge in [-0.25, -0.2) is 8.78 Å². The van der Waals surface area contributed by atoms with Gasteiger partial charge in [-0.1, -0.05) is 12.1 Å². The smallest absolute Gasteiger partial charge is 0.230 e. The molecule has 1 fully saturated rings. The van der Waals surface area contributed by atoms with Crippen LogP contribution in [0, 0.1) is 11.6 Å². The van der Waals surface area contributed by atoms with E-state index in [0.717, 1.165) is 23.3 Å². The van der Waals surface area contributed by atoms with Crippen molar-refractivity contribution in [2.75, 3.05) is 12.3 Å². The first-order valence-corrected chi connectivity index (χ1v) is 8.47. The maximum absolute atomic E-state index is 13.0. The van der Waals surface area contributed by atoms with E-state index in [1.165, 1.54) is 36.0 Å². The molecule has 0 aromatic heterocycles. The molecule has 23 heavy (non-hydrogen) atoms. The Kier molecular flexibility index (Phi) is 4.66. The Bertz CT molecular complexity index is 681. The molecule has 0 bridgehead atoms. The van der Waals surface area contributed by atoms with Crippen LogP contribution < -0.4 is 5.32 Å². The molecule has 2 nitrogen and oxygen atoms in total. The summed E-state index contributed by atoms with van der Waals surface area (Å²) in [6, 6.07) is 12.6. The fourth-order valence-electron chi connectivity index (χ4n) is 2.52. The van der Waals surface area contributed by atoms with Gasteiger partial charge in [-0.3, -0.25) is 4.79 Å². The molecule has 0 aliphatic heterocycles. The summed E-state index contributed by atoms with van der Waals surface area (Å²) < 4.78 is 25.8. The summed E-state index contributed by atoms with van der Waals surface area (Å²) in [6.45, 7) is 0.571. The average Bonchev–Trinajstić information content (AvgIpc) is 3.34. The normalized spacial score (nSPS) is 15.2. The van der Waals surface area contributed by atoms with Gasteiger partial charge in [0.2, 0.25) is 5.91 Å². The van der Waals surface area contributed by atoms with Crippen molar-refractivity contribution in [3.63, 3.8) is 0 Å². The van der Waals surface area contributed by atoms with E-state index in [4.69, 9.17) is 0 Å². The monoisotopic (exact) mass is 333 g/mol. The van der Waals surface area contributed by atoms with Crippen molar-refractivity contribution < 1.29 is 13.6 Å². The maximum atomic E-state index is 13.0. The van der Waals surface area contributed by atoms with Crippen LogP contribution in [0.3, 0.4) is 0 Å². The second-order valence-corrected chi connectivity index (χ2v) is 6.86. The Morgan fingerprint density at radius 3 is 2.13 bits per heavy atom. The summed E-state index contributed by atoms with van der Waals surface area (Å²) in [5.74, 6) is -0.281.